The molecule has 2 rings (SSSR count). The molecule has 84 valence electrons. The van der Waals surface area contributed by atoms with Gasteiger partial charge in [-0.3, -0.25) is 9.82 Å². The van der Waals surface area contributed by atoms with Crippen LogP contribution < -0.4 is 10.5 Å². The highest BCUT2D eigenvalue weighted by Gasteiger charge is 2.19. The predicted octanol–water partition coefficient (Wildman–Crippen LogP) is 0.793. The third-order valence-electron chi connectivity index (χ3n) is 1.93. The van der Waals surface area contributed by atoms with E-state index in [1.165, 1.54) is 6.20 Å². The molecule has 0 saturated heterocycles. The Morgan fingerprint density at radius 3 is 2.50 bits per heavy atom. The minimum absolute atomic E-state index is 0.0865. The molecular weight excluding hydrogens is 228 g/mol. The standard InChI is InChI=1S/C9H10N4O2S/c10-8-6-11-12-9(8)16(14,15)13-7-4-2-1-3-5-7/h1-6,13H,10H2,(H,11,12). The van der Waals surface area contributed by atoms with Gasteiger partial charge in [0, 0.05) is 5.69 Å². The average Bonchev–Trinajstić information content (AvgIpc) is 2.66. The Morgan fingerprint density at radius 2 is 1.94 bits per heavy atom. The van der Waals surface area contributed by atoms with Crippen molar-refractivity contribution in [2.75, 3.05) is 10.5 Å². The first kappa shape index (κ1) is 10.5. The molecule has 0 fully saturated rings. The Bertz CT molecular complexity index is 577. The summed E-state index contributed by atoms with van der Waals surface area (Å²) in [5.41, 5.74) is 6.02. The largest absolute Gasteiger partial charge is 0.395 e. The number of aromatic nitrogens is 2. The number of nitrogens with two attached hydrogens (primary N) is 1. The fourth-order valence-corrected chi connectivity index (χ4v) is 2.30. The Balaban J connectivity index is 2.32. The quantitative estimate of drug-likeness (QED) is 0.735. The van der Waals surface area contributed by atoms with Gasteiger partial charge in [-0.2, -0.15) is 13.5 Å². The number of nitrogens with one attached hydrogen (secondary N) is 2. The number of hydrogen-bond acceptors (Lipinski definition) is 4. The Hall–Kier alpha value is -2.02. The number of sulfonamides is 1. The van der Waals surface area contributed by atoms with Crippen molar-refractivity contribution in [2.45, 2.75) is 5.03 Å². The van der Waals surface area contributed by atoms with Crippen LogP contribution in [0.1, 0.15) is 0 Å². The van der Waals surface area contributed by atoms with Gasteiger partial charge in [0.05, 0.1) is 11.9 Å². The molecule has 16 heavy (non-hydrogen) atoms. The van der Waals surface area contributed by atoms with E-state index in [4.69, 9.17) is 5.73 Å². The summed E-state index contributed by atoms with van der Waals surface area (Å²) < 4.78 is 26.0. The van der Waals surface area contributed by atoms with E-state index in [1.54, 1.807) is 30.3 Å². The number of anilines is 2. The minimum atomic E-state index is -3.69. The van der Waals surface area contributed by atoms with Gasteiger partial charge in [0.1, 0.15) is 0 Å². The second-order valence-electron chi connectivity index (χ2n) is 3.13. The molecule has 0 atom stereocenters. The fourth-order valence-electron chi connectivity index (χ4n) is 1.21. The van der Waals surface area contributed by atoms with Gasteiger partial charge in [-0.05, 0) is 12.1 Å². The summed E-state index contributed by atoms with van der Waals surface area (Å²) in [7, 11) is -3.69. The number of H-pyrrole nitrogens is 1. The molecule has 1 aromatic heterocycles. The lowest BCUT2D eigenvalue weighted by Gasteiger charge is -2.06. The van der Waals surface area contributed by atoms with Gasteiger partial charge in [-0.15, -0.1) is 0 Å². The predicted molar refractivity (Wildman–Crippen MR) is 60.3 cm³/mol. The molecule has 4 N–H and O–H groups in total. The molecule has 0 unspecified atom stereocenters. The first-order chi connectivity index (χ1) is 7.59. The highest BCUT2D eigenvalue weighted by molar-refractivity contribution is 7.92. The normalized spacial score (nSPS) is 11.2. The van der Waals surface area contributed by atoms with Crippen LogP contribution in [0.5, 0.6) is 0 Å². The summed E-state index contributed by atoms with van der Waals surface area (Å²) in [6, 6.07) is 8.54. The van der Waals surface area contributed by atoms with Crippen molar-refractivity contribution in [1.29, 1.82) is 0 Å². The van der Waals surface area contributed by atoms with E-state index in [1.807, 2.05) is 0 Å². The highest BCUT2D eigenvalue weighted by atomic mass is 32.2. The Kier molecular flexibility index (Phi) is 2.53. The summed E-state index contributed by atoms with van der Waals surface area (Å²) in [5.74, 6) is 0. The minimum Gasteiger partial charge on any atom is -0.395 e. The molecule has 0 aliphatic rings. The summed E-state index contributed by atoms with van der Waals surface area (Å²) >= 11 is 0. The van der Waals surface area contributed by atoms with E-state index >= 15 is 0 Å². The molecule has 0 aliphatic heterocycles. The lowest BCUT2D eigenvalue weighted by Crippen LogP contribution is -2.14. The zero-order valence-electron chi connectivity index (χ0n) is 8.21. The van der Waals surface area contributed by atoms with Crippen LogP contribution in [0.25, 0.3) is 0 Å². The fraction of sp³-hybridized carbons (Fsp3) is 0. The molecule has 7 heteroatoms. The van der Waals surface area contributed by atoms with Gasteiger partial charge in [0.15, 0.2) is 5.03 Å². The summed E-state index contributed by atoms with van der Waals surface area (Å²) in [6.45, 7) is 0. The van der Waals surface area contributed by atoms with Crippen LogP contribution in [-0.4, -0.2) is 18.6 Å². The van der Waals surface area contributed by atoms with Crippen LogP contribution in [0, 0.1) is 0 Å². The molecule has 0 aliphatic carbocycles. The van der Waals surface area contributed by atoms with E-state index in [2.05, 4.69) is 14.9 Å². The van der Waals surface area contributed by atoms with Gasteiger partial charge in [0.25, 0.3) is 10.0 Å². The monoisotopic (exact) mass is 238 g/mol. The number of rotatable bonds is 3. The van der Waals surface area contributed by atoms with Crippen molar-refractivity contribution < 1.29 is 8.42 Å². The molecule has 2 aromatic rings. The molecule has 1 aromatic carbocycles. The van der Waals surface area contributed by atoms with Gasteiger partial charge >= 0.3 is 0 Å². The van der Waals surface area contributed by atoms with E-state index in [0.717, 1.165) is 0 Å². The summed E-state index contributed by atoms with van der Waals surface area (Å²) in [6.07, 6.45) is 1.25. The van der Waals surface area contributed by atoms with E-state index < -0.39 is 10.0 Å². The van der Waals surface area contributed by atoms with Crippen molar-refractivity contribution in [2.24, 2.45) is 0 Å². The van der Waals surface area contributed by atoms with Gasteiger partial charge in [-0.25, -0.2) is 0 Å². The molecule has 6 nitrogen and oxygen atoms in total. The van der Waals surface area contributed by atoms with E-state index in [0.29, 0.717) is 5.69 Å². The number of para-hydroxylation sites is 1. The zero-order valence-corrected chi connectivity index (χ0v) is 9.03. The van der Waals surface area contributed by atoms with E-state index in [9.17, 15) is 8.42 Å². The SMILES string of the molecule is Nc1cn[nH]c1S(=O)(=O)Nc1ccccc1. The zero-order chi connectivity index (χ0) is 11.6. The molecule has 0 radical (unpaired) electrons. The number of aromatic amines is 1. The van der Waals surface area contributed by atoms with Gasteiger partial charge in [-0.1, -0.05) is 18.2 Å². The molecule has 0 spiro atoms. The van der Waals surface area contributed by atoms with Crippen LogP contribution in [0.15, 0.2) is 41.6 Å². The van der Waals surface area contributed by atoms with Crippen LogP contribution in [0.2, 0.25) is 0 Å². The third kappa shape index (κ3) is 1.98. The second-order valence-corrected chi connectivity index (χ2v) is 4.75. The van der Waals surface area contributed by atoms with Gasteiger partial charge < -0.3 is 5.73 Å². The summed E-state index contributed by atoms with van der Waals surface area (Å²) in [5, 5.41) is 5.77. The van der Waals surface area contributed by atoms with Crippen LogP contribution in [0.4, 0.5) is 11.4 Å². The number of benzene rings is 1. The average molecular weight is 238 g/mol. The topological polar surface area (TPSA) is 101 Å². The lowest BCUT2D eigenvalue weighted by atomic mass is 10.3. The Labute approximate surface area is 92.5 Å². The first-order valence-electron chi connectivity index (χ1n) is 4.46. The van der Waals surface area contributed by atoms with Crippen molar-refractivity contribution in [1.82, 2.24) is 10.2 Å². The Morgan fingerprint density at radius 1 is 1.25 bits per heavy atom. The van der Waals surface area contributed by atoms with Crippen LogP contribution >= 0.6 is 0 Å². The van der Waals surface area contributed by atoms with E-state index in [-0.39, 0.29) is 10.7 Å². The first-order valence-corrected chi connectivity index (χ1v) is 5.94. The summed E-state index contributed by atoms with van der Waals surface area (Å²) in [4.78, 5) is 0. The van der Waals surface area contributed by atoms with Crippen LogP contribution in [0.3, 0.4) is 0 Å². The maximum Gasteiger partial charge on any atom is 0.280 e. The highest BCUT2D eigenvalue weighted by Crippen LogP contribution is 2.17. The van der Waals surface area contributed by atoms with Crippen LogP contribution in [-0.2, 0) is 10.0 Å². The number of nitrogen functional groups attached to an aromatic ring is 1. The van der Waals surface area contributed by atoms with Gasteiger partial charge in [0.2, 0.25) is 0 Å². The van der Waals surface area contributed by atoms with Crippen molar-refractivity contribution in [3.8, 4) is 0 Å². The maximum absolute atomic E-state index is 11.8. The van der Waals surface area contributed by atoms with Crippen molar-refractivity contribution in [3.63, 3.8) is 0 Å². The lowest BCUT2D eigenvalue weighted by molar-refractivity contribution is 0.597. The smallest absolute Gasteiger partial charge is 0.280 e. The molecule has 0 bridgehead atoms. The molecule has 0 amide bonds. The molecular formula is C9H10N4O2S. The van der Waals surface area contributed by atoms with Crippen molar-refractivity contribution in [3.05, 3.63) is 36.5 Å². The number of nitrogens with zero attached hydrogens (tertiary/aromatic N) is 1. The third-order valence-corrected chi connectivity index (χ3v) is 3.30. The maximum atomic E-state index is 11.8. The molecule has 0 saturated carbocycles. The number of hydrogen-bond donors (Lipinski definition) is 3. The second kappa shape index (κ2) is 3.86. The molecule has 1 heterocycles. The van der Waals surface area contributed by atoms with Crippen molar-refractivity contribution >= 4 is 21.4 Å².